The van der Waals surface area contributed by atoms with Crippen molar-refractivity contribution in [3.63, 3.8) is 0 Å². The zero-order valence-corrected chi connectivity index (χ0v) is 16.2. The molecule has 6 heteroatoms. The molecule has 5 nitrogen and oxygen atoms in total. The van der Waals surface area contributed by atoms with Crippen LogP contribution in [0.25, 0.3) is 10.9 Å². The Balaban J connectivity index is 1.74. The van der Waals surface area contributed by atoms with Crippen LogP contribution < -0.4 is 15.6 Å². The SMILES string of the molecule is COc1ccc2cc(CCC(=O)Nc3c(C)cc(C)cc3Cl)c(=O)[nH]c2c1. The maximum atomic E-state index is 12.3. The number of amides is 1. The highest BCUT2D eigenvalue weighted by molar-refractivity contribution is 6.34. The number of anilines is 1. The van der Waals surface area contributed by atoms with Crippen LogP contribution in [0, 0.1) is 13.8 Å². The van der Waals surface area contributed by atoms with E-state index >= 15 is 0 Å². The molecule has 1 heterocycles. The largest absolute Gasteiger partial charge is 0.497 e. The van der Waals surface area contributed by atoms with Crippen molar-refractivity contribution in [2.45, 2.75) is 26.7 Å². The van der Waals surface area contributed by atoms with Gasteiger partial charge < -0.3 is 15.0 Å². The van der Waals surface area contributed by atoms with E-state index < -0.39 is 0 Å². The molecule has 3 rings (SSSR count). The van der Waals surface area contributed by atoms with Crippen molar-refractivity contribution in [3.05, 3.63) is 68.5 Å². The second kappa shape index (κ2) is 7.84. The number of pyridine rings is 1. The van der Waals surface area contributed by atoms with Crippen LogP contribution >= 0.6 is 11.6 Å². The van der Waals surface area contributed by atoms with Crippen LogP contribution in [-0.2, 0) is 11.2 Å². The summed E-state index contributed by atoms with van der Waals surface area (Å²) >= 11 is 6.23. The number of ether oxygens (including phenoxy) is 1. The van der Waals surface area contributed by atoms with Crippen LogP contribution in [-0.4, -0.2) is 18.0 Å². The number of hydrogen-bond acceptors (Lipinski definition) is 3. The summed E-state index contributed by atoms with van der Waals surface area (Å²) in [5.74, 6) is 0.494. The average molecular weight is 385 g/mol. The quantitative estimate of drug-likeness (QED) is 0.685. The summed E-state index contributed by atoms with van der Waals surface area (Å²) in [6.07, 6.45) is 0.528. The molecule has 3 aromatic rings. The van der Waals surface area contributed by atoms with Crippen LogP contribution in [0.5, 0.6) is 5.75 Å². The highest BCUT2D eigenvalue weighted by Crippen LogP contribution is 2.27. The summed E-state index contributed by atoms with van der Waals surface area (Å²) in [5, 5.41) is 4.25. The van der Waals surface area contributed by atoms with Crippen molar-refractivity contribution in [2.75, 3.05) is 12.4 Å². The van der Waals surface area contributed by atoms with Gasteiger partial charge in [0.25, 0.3) is 5.56 Å². The fourth-order valence-electron chi connectivity index (χ4n) is 3.06. The number of aromatic amines is 1. The Kier molecular flexibility index (Phi) is 5.51. The van der Waals surface area contributed by atoms with E-state index in [4.69, 9.17) is 16.3 Å². The fourth-order valence-corrected chi connectivity index (χ4v) is 3.43. The topological polar surface area (TPSA) is 71.2 Å². The summed E-state index contributed by atoms with van der Waals surface area (Å²) < 4.78 is 5.17. The van der Waals surface area contributed by atoms with Crippen LogP contribution in [0.2, 0.25) is 5.02 Å². The Morgan fingerprint density at radius 1 is 1.19 bits per heavy atom. The van der Waals surface area contributed by atoms with E-state index in [1.165, 1.54) is 0 Å². The van der Waals surface area contributed by atoms with Gasteiger partial charge in [-0.2, -0.15) is 0 Å². The number of nitrogens with one attached hydrogen (secondary N) is 2. The molecule has 0 spiro atoms. The molecular weight excluding hydrogens is 364 g/mol. The number of benzene rings is 2. The standard InChI is InChI=1S/C21H21ClN2O3/c1-12-8-13(2)20(17(22)9-12)24-19(25)7-5-15-10-14-4-6-16(27-3)11-18(14)23-21(15)26/h4,6,8-11H,5,7H2,1-3H3,(H,23,26)(H,24,25). The lowest BCUT2D eigenvalue weighted by atomic mass is 10.1. The molecule has 0 aliphatic heterocycles. The number of H-pyrrole nitrogens is 1. The molecule has 1 aromatic heterocycles. The summed E-state index contributed by atoms with van der Waals surface area (Å²) in [6.45, 7) is 3.85. The predicted molar refractivity (Wildman–Crippen MR) is 109 cm³/mol. The molecule has 0 saturated heterocycles. The fraction of sp³-hybridized carbons (Fsp3) is 0.238. The number of hydrogen-bond donors (Lipinski definition) is 2. The first-order chi connectivity index (χ1) is 12.9. The number of aromatic nitrogens is 1. The van der Waals surface area contributed by atoms with Gasteiger partial charge in [0.2, 0.25) is 5.91 Å². The molecule has 0 atom stereocenters. The van der Waals surface area contributed by atoms with Crippen LogP contribution in [0.15, 0.2) is 41.2 Å². The van der Waals surface area contributed by atoms with Gasteiger partial charge >= 0.3 is 0 Å². The third-order valence-electron chi connectivity index (χ3n) is 4.45. The molecule has 0 radical (unpaired) electrons. The van der Waals surface area contributed by atoms with Crippen LogP contribution in [0.4, 0.5) is 5.69 Å². The van der Waals surface area contributed by atoms with Gasteiger partial charge in [-0.1, -0.05) is 17.7 Å². The molecule has 0 fully saturated rings. The Morgan fingerprint density at radius 2 is 1.96 bits per heavy atom. The molecule has 27 heavy (non-hydrogen) atoms. The minimum atomic E-state index is -0.201. The second-order valence-electron chi connectivity index (χ2n) is 6.56. The van der Waals surface area contributed by atoms with Crippen molar-refractivity contribution in [2.24, 2.45) is 0 Å². The minimum absolute atomic E-state index is 0.182. The maximum absolute atomic E-state index is 12.3. The Labute approximate surface area is 162 Å². The number of aryl methyl sites for hydroxylation is 3. The van der Waals surface area contributed by atoms with Gasteiger partial charge in [0.1, 0.15) is 5.75 Å². The minimum Gasteiger partial charge on any atom is -0.497 e. The highest BCUT2D eigenvalue weighted by atomic mass is 35.5. The normalized spacial score (nSPS) is 10.8. The molecule has 0 saturated carbocycles. The maximum Gasteiger partial charge on any atom is 0.251 e. The summed E-state index contributed by atoms with van der Waals surface area (Å²) in [5.41, 5.74) is 3.63. The lowest BCUT2D eigenvalue weighted by Gasteiger charge is -2.11. The monoisotopic (exact) mass is 384 g/mol. The molecular formula is C21H21ClN2O3. The van der Waals surface area contributed by atoms with Crippen LogP contribution in [0.3, 0.4) is 0 Å². The summed E-state index contributed by atoms with van der Waals surface area (Å²) in [4.78, 5) is 27.5. The van der Waals surface area contributed by atoms with Crippen molar-refractivity contribution in [3.8, 4) is 5.75 Å². The lowest BCUT2D eigenvalue weighted by molar-refractivity contribution is -0.116. The molecule has 0 aliphatic rings. The van der Waals surface area contributed by atoms with E-state index in [-0.39, 0.29) is 17.9 Å². The number of halogens is 1. The van der Waals surface area contributed by atoms with Crippen LogP contribution in [0.1, 0.15) is 23.1 Å². The van der Waals surface area contributed by atoms with Crippen molar-refractivity contribution in [1.82, 2.24) is 4.98 Å². The molecule has 2 N–H and O–H groups in total. The molecule has 2 aromatic carbocycles. The van der Waals surface area contributed by atoms with E-state index in [2.05, 4.69) is 10.3 Å². The number of methoxy groups -OCH3 is 1. The van der Waals surface area contributed by atoms with Gasteiger partial charge in [-0.15, -0.1) is 0 Å². The zero-order valence-electron chi connectivity index (χ0n) is 15.5. The number of rotatable bonds is 5. The van der Waals surface area contributed by atoms with Gasteiger partial charge in [0.15, 0.2) is 0 Å². The highest BCUT2D eigenvalue weighted by Gasteiger charge is 2.11. The van der Waals surface area contributed by atoms with Gasteiger partial charge in [-0.25, -0.2) is 0 Å². The first-order valence-electron chi connectivity index (χ1n) is 8.64. The average Bonchev–Trinajstić information content (AvgIpc) is 2.62. The molecule has 140 valence electrons. The summed E-state index contributed by atoms with van der Waals surface area (Å²) in [7, 11) is 1.58. The van der Waals surface area contributed by atoms with E-state index in [0.717, 1.165) is 16.5 Å². The first-order valence-corrected chi connectivity index (χ1v) is 9.01. The third kappa shape index (κ3) is 4.31. The number of carbonyl (C=O) groups is 1. The number of fused-ring (bicyclic) bond motifs is 1. The smallest absolute Gasteiger partial charge is 0.251 e. The van der Waals surface area contributed by atoms with Crippen molar-refractivity contribution in [1.29, 1.82) is 0 Å². The lowest BCUT2D eigenvalue weighted by Crippen LogP contribution is -2.17. The van der Waals surface area contributed by atoms with Crippen molar-refractivity contribution < 1.29 is 9.53 Å². The van der Waals surface area contributed by atoms with Gasteiger partial charge in [-0.3, -0.25) is 9.59 Å². The predicted octanol–water partition coefficient (Wildman–Crippen LogP) is 4.38. The molecule has 0 aliphatic carbocycles. The number of carbonyl (C=O) groups excluding carboxylic acids is 1. The second-order valence-corrected chi connectivity index (χ2v) is 6.97. The van der Waals surface area contributed by atoms with Gasteiger partial charge in [0.05, 0.1) is 23.3 Å². The van der Waals surface area contributed by atoms with Gasteiger partial charge in [0, 0.05) is 18.1 Å². The molecule has 1 amide bonds. The summed E-state index contributed by atoms with van der Waals surface area (Å²) in [6, 6.07) is 11.1. The van der Waals surface area contributed by atoms with E-state index in [1.807, 2.05) is 44.2 Å². The Morgan fingerprint density at radius 3 is 2.67 bits per heavy atom. The van der Waals surface area contributed by atoms with Gasteiger partial charge in [-0.05, 0) is 61.0 Å². The zero-order chi connectivity index (χ0) is 19.6. The Hall–Kier alpha value is -2.79. The Bertz CT molecular complexity index is 1050. The third-order valence-corrected chi connectivity index (χ3v) is 4.75. The molecule has 0 bridgehead atoms. The van der Waals surface area contributed by atoms with E-state index in [9.17, 15) is 9.59 Å². The molecule has 0 unspecified atom stereocenters. The first kappa shape index (κ1) is 19.0. The van der Waals surface area contributed by atoms with E-state index in [1.54, 1.807) is 13.2 Å². The van der Waals surface area contributed by atoms with Crippen molar-refractivity contribution >= 4 is 34.1 Å². The van der Waals surface area contributed by atoms with E-state index in [0.29, 0.717) is 34.0 Å².